The second-order valence-electron chi connectivity index (χ2n) is 9.13. The van der Waals surface area contributed by atoms with E-state index in [1.54, 1.807) is 12.4 Å². The average molecular weight is 380 g/mol. The molecular weight excluding hydrogens is 352 g/mol. The Morgan fingerprint density at radius 1 is 1.14 bits per heavy atom. The Morgan fingerprint density at radius 3 is 2.50 bits per heavy atom. The molecule has 4 rings (SSSR count). The van der Waals surface area contributed by atoms with Gasteiger partial charge >= 0.3 is 5.97 Å². The van der Waals surface area contributed by atoms with E-state index in [0.29, 0.717) is 12.0 Å². The third kappa shape index (κ3) is 3.54. The van der Waals surface area contributed by atoms with Crippen LogP contribution in [0.2, 0.25) is 0 Å². The van der Waals surface area contributed by atoms with Crippen LogP contribution in [0.4, 0.5) is 0 Å². The molecule has 0 bridgehead atoms. The van der Waals surface area contributed by atoms with Gasteiger partial charge in [0.1, 0.15) is 12.0 Å². The summed E-state index contributed by atoms with van der Waals surface area (Å²) in [5, 5.41) is 0. The Morgan fingerprint density at radius 2 is 1.82 bits per heavy atom. The zero-order valence-corrected chi connectivity index (χ0v) is 16.9. The molecule has 148 valence electrons. The van der Waals surface area contributed by atoms with Crippen LogP contribution < -0.4 is 0 Å². The summed E-state index contributed by atoms with van der Waals surface area (Å²) in [5.41, 5.74) is 3.10. The van der Waals surface area contributed by atoms with Gasteiger partial charge in [-0.05, 0) is 62.1 Å². The molecule has 0 radical (unpaired) electrons. The molecule has 5 nitrogen and oxygen atoms in total. The van der Waals surface area contributed by atoms with E-state index in [4.69, 9.17) is 9.73 Å². The Balaban J connectivity index is 1.76. The van der Waals surface area contributed by atoms with Gasteiger partial charge in [0.2, 0.25) is 0 Å². The van der Waals surface area contributed by atoms with Gasteiger partial charge < -0.3 is 4.74 Å². The highest BCUT2D eigenvalue weighted by molar-refractivity contribution is 6.09. The molecule has 2 heterocycles. The molecule has 1 aromatic heterocycles. The van der Waals surface area contributed by atoms with Gasteiger partial charge in [-0.25, -0.2) is 0 Å². The van der Waals surface area contributed by atoms with Crippen LogP contribution in [-0.2, 0) is 14.3 Å². The Kier molecular flexibility index (Phi) is 4.94. The molecule has 2 aliphatic carbocycles. The van der Waals surface area contributed by atoms with Crippen LogP contribution in [-0.4, -0.2) is 28.6 Å². The van der Waals surface area contributed by atoms with Crippen molar-refractivity contribution in [2.75, 3.05) is 0 Å². The Bertz CT molecular complexity index is 848. The van der Waals surface area contributed by atoms with Gasteiger partial charge in [-0.3, -0.25) is 19.6 Å². The molecule has 2 atom stereocenters. The molecule has 3 aliphatic rings. The molecule has 0 spiro atoms. The highest BCUT2D eigenvalue weighted by atomic mass is 16.5. The molecule has 0 saturated heterocycles. The van der Waals surface area contributed by atoms with E-state index in [1.165, 1.54) is 0 Å². The van der Waals surface area contributed by atoms with Crippen LogP contribution >= 0.6 is 0 Å². The molecule has 1 fully saturated rings. The maximum Gasteiger partial charge on any atom is 0.315 e. The monoisotopic (exact) mass is 380 g/mol. The fraction of sp³-hybridized carbons (Fsp3) is 0.565. The van der Waals surface area contributed by atoms with Gasteiger partial charge in [0.25, 0.3) is 0 Å². The van der Waals surface area contributed by atoms with E-state index in [1.807, 2.05) is 19.1 Å². The molecule has 0 N–H and O–H groups in total. The van der Waals surface area contributed by atoms with Crippen LogP contribution in [0.5, 0.6) is 0 Å². The smallest absolute Gasteiger partial charge is 0.315 e. The van der Waals surface area contributed by atoms with Crippen LogP contribution in [0.15, 0.2) is 40.8 Å². The van der Waals surface area contributed by atoms with E-state index in [-0.39, 0.29) is 29.2 Å². The molecular formula is C23H28N2O3. The van der Waals surface area contributed by atoms with Gasteiger partial charge in [-0.2, -0.15) is 0 Å². The first-order chi connectivity index (χ1) is 13.4. The first-order valence-corrected chi connectivity index (χ1v) is 10.3. The standard InChI is InChI=1S/C23H28N2O3/c1-14-19(22(27)28-16-6-4-5-7-16)20(15-8-10-24-11-9-15)21-17(25-14)12-23(2,3)13-18(21)26/h8-11,16,19-20H,4-7,12-13H2,1-3H3/t19?,20-/m1/s1. The SMILES string of the molecule is CC1=NC2=C(C(=O)CC(C)(C)C2)[C@H](c2ccncc2)C1C(=O)OC1CCCC1. The molecule has 0 aromatic carbocycles. The average Bonchev–Trinajstić information content (AvgIpc) is 3.13. The van der Waals surface area contributed by atoms with Crippen molar-refractivity contribution >= 4 is 17.5 Å². The highest BCUT2D eigenvalue weighted by Gasteiger charge is 2.46. The second kappa shape index (κ2) is 7.26. The zero-order chi connectivity index (χ0) is 19.9. The largest absolute Gasteiger partial charge is 0.462 e. The lowest BCUT2D eigenvalue weighted by Crippen LogP contribution is -2.40. The number of carbonyl (C=O) groups excluding carboxylic acids is 2. The van der Waals surface area contributed by atoms with Crippen LogP contribution in [0.1, 0.15) is 70.8 Å². The summed E-state index contributed by atoms with van der Waals surface area (Å²) in [6.45, 7) is 6.09. The van der Waals surface area contributed by atoms with E-state index < -0.39 is 5.92 Å². The van der Waals surface area contributed by atoms with E-state index in [2.05, 4.69) is 18.8 Å². The highest BCUT2D eigenvalue weighted by Crippen LogP contribution is 2.48. The zero-order valence-electron chi connectivity index (χ0n) is 16.9. The summed E-state index contributed by atoms with van der Waals surface area (Å²) in [5.74, 6) is -1.04. The molecule has 1 aliphatic heterocycles. The third-order valence-corrected chi connectivity index (χ3v) is 6.21. The lowest BCUT2D eigenvalue weighted by molar-refractivity contribution is -0.151. The molecule has 5 heteroatoms. The molecule has 28 heavy (non-hydrogen) atoms. The fourth-order valence-corrected chi connectivity index (χ4v) is 4.93. The number of aliphatic imine (C=N–C) groups is 1. The summed E-state index contributed by atoms with van der Waals surface area (Å²) < 4.78 is 5.86. The topological polar surface area (TPSA) is 68.6 Å². The minimum Gasteiger partial charge on any atom is -0.462 e. The number of nitrogens with zero attached hydrogens (tertiary/aromatic N) is 2. The van der Waals surface area contributed by atoms with E-state index in [0.717, 1.165) is 49.1 Å². The number of pyridine rings is 1. The number of aromatic nitrogens is 1. The number of rotatable bonds is 3. The van der Waals surface area contributed by atoms with Gasteiger partial charge in [-0.1, -0.05) is 13.8 Å². The van der Waals surface area contributed by atoms with Crippen LogP contribution in [0, 0.1) is 11.3 Å². The molecule has 1 aromatic rings. The first-order valence-electron chi connectivity index (χ1n) is 10.3. The second-order valence-corrected chi connectivity index (χ2v) is 9.13. The van der Waals surface area contributed by atoms with Gasteiger partial charge in [0, 0.05) is 41.7 Å². The number of hydrogen-bond donors (Lipinski definition) is 0. The summed E-state index contributed by atoms with van der Waals surface area (Å²) in [4.78, 5) is 35.2. The first kappa shape index (κ1) is 19.0. The number of ether oxygens (including phenoxy) is 1. The minimum absolute atomic E-state index is 0.00485. The number of allylic oxidation sites excluding steroid dienone is 2. The summed E-state index contributed by atoms with van der Waals surface area (Å²) in [7, 11) is 0. The van der Waals surface area contributed by atoms with E-state index in [9.17, 15) is 9.59 Å². The fourth-order valence-electron chi connectivity index (χ4n) is 4.93. The molecule has 1 unspecified atom stereocenters. The van der Waals surface area contributed by atoms with Crippen molar-refractivity contribution < 1.29 is 14.3 Å². The van der Waals surface area contributed by atoms with Crippen molar-refractivity contribution in [1.82, 2.24) is 4.98 Å². The Labute approximate surface area is 166 Å². The van der Waals surface area contributed by atoms with Gasteiger partial charge in [0.05, 0.1) is 0 Å². The number of Topliss-reactive ketones (excluding diaryl/α,β-unsaturated/α-hetero) is 1. The van der Waals surface area contributed by atoms with Crippen molar-refractivity contribution in [1.29, 1.82) is 0 Å². The van der Waals surface area contributed by atoms with Crippen molar-refractivity contribution in [2.24, 2.45) is 16.3 Å². The number of carbonyl (C=O) groups is 2. The Hall–Kier alpha value is -2.30. The predicted octanol–water partition coefficient (Wildman–Crippen LogP) is 4.38. The molecule has 0 amide bonds. The number of esters is 1. The van der Waals surface area contributed by atoms with Crippen molar-refractivity contribution in [3.8, 4) is 0 Å². The van der Waals surface area contributed by atoms with Crippen molar-refractivity contribution in [2.45, 2.75) is 71.3 Å². The van der Waals surface area contributed by atoms with Gasteiger partial charge in [-0.15, -0.1) is 0 Å². The number of ketones is 1. The lowest BCUT2D eigenvalue weighted by atomic mass is 9.67. The summed E-state index contributed by atoms with van der Waals surface area (Å²) in [6, 6.07) is 3.80. The van der Waals surface area contributed by atoms with Crippen LogP contribution in [0.25, 0.3) is 0 Å². The van der Waals surface area contributed by atoms with Gasteiger partial charge in [0.15, 0.2) is 5.78 Å². The summed E-state index contributed by atoms with van der Waals surface area (Å²) >= 11 is 0. The maximum absolute atomic E-state index is 13.2. The van der Waals surface area contributed by atoms with E-state index >= 15 is 0 Å². The third-order valence-electron chi connectivity index (χ3n) is 6.21. The molecule has 1 saturated carbocycles. The maximum atomic E-state index is 13.2. The quantitative estimate of drug-likeness (QED) is 0.730. The normalized spacial score (nSPS) is 27.4. The van der Waals surface area contributed by atoms with Crippen molar-refractivity contribution in [3.05, 3.63) is 41.4 Å². The van der Waals surface area contributed by atoms with Crippen LogP contribution in [0.3, 0.4) is 0 Å². The number of hydrogen-bond acceptors (Lipinski definition) is 5. The van der Waals surface area contributed by atoms with Crippen molar-refractivity contribution in [3.63, 3.8) is 0 Å². The summed E-state index contributed by atoms with van der Waals surface area (Å²) in [6.07, 6.45) is 8.71. The minimum atomic E-state index is -0.549. The predicted molar refractivity (Wildman–Crippen MR) is 107 cm³/mol. The lowest BCUT2D eigenvalue weighted by Gasteiger charge is -2.39.